The monoisotopic (exact) mass is 376 g/mol. The van der Waals surface area contributed by atoms with Crippen LogP contribution >= 0.6 is 0 Å². The highest BCUT2D eigenvalue weighted by Gasteiger charge is 2.24. The van der Waals surface area contributed by atoms with Crippen LogP contribution in [0.4, 0.5) is 16.0 Å². The largest absolute Gasteiger partial charge is 0.368 e. The maximum Gasteiger partial charge on any atom is 0.255 e. The number of halogens is 1. The maximum absolute atomic E-state index is 13.3. The Hall–Kier alpha value is -2.94. The minimum Gasteiger partial charge on any atom is -0.368 e. The number of imidazole rings is 1. The second-order valence-electron chi connectivity index (χ2n) is 6.00. The van der Waals surface area contributed by atoms with Crippen molar-refractivity contribution in [3.05, 3.63) is 53.8 Å². The van der Waals surface area contributed by atoms with Crippen molar-refractivity contribution in [3.63, 3.8) is 0 Å². The Morgan fingerprint density at radius 3 is 2.62 bits per heavy atom. The molecule has 2 aromatic carbocycles. The minimum atomic E-state index is -3.73. The van der Waals surface area contributed by atoms with Crippen LogP contribution in [0.1, 0.15) is 24.2 Å². The molecule has 3 N–H and O–H groups in total. The minimum absolute atomic E-state index is 0.146. The molecule has 0 aliphatic rings. The van der Waals surface area contributed by atoms with Crippen molar-refractivity contribution in [2.24, 2.45) is 0 Å². The number of benzene rings is 2. The fourth-order valence-corrected chi connectivity index (χ4v) is 3.61. The number of nitrogens with one attached hydrogen (secondary N) is 1. The number of hydrogen-bond acceptors (Lipinski definition) is 5. The Bertz CT molecular complexity index is 1110. The molecule has 0 saturated carbocycles. The fourth-order valence-electron chi connectivity index (χ4n) is 2.46. The molecule has 0 radical (unpaired) electrons. The van der Waals surface area contributed by atoms with Gasteiger partial charge in [-0.3, -0.25) is 4.79 Å². The maximum atomic E-state index is 13.3. The van der Waals surface area contributed by atoms with Crippen LogP contribution in [-0.2, 0) is 10.0 Å². The van der Waals surface area contributed by atoms with E-state index in [0.29, 0.717) is 11.2 Å². The summed E-state index contributed by atoms with van der Waals surface area (Å²) in [5, 5.41) is 1.91. The molecule has 1 heterocycles. The number of hydrogen-bond donors (Lipinski definition) is 2. The van der Waals surface area contributed by atoms with Gasteiger partial charge in [-0.05, 0) is 50.2 Å². The van der Waals surface area contributed by atoms with Gasteiger partial charge in [-0.25, -0.2) is 21.8 Å². The van der Waals surface area contributed by atoms with Gasteiger partial charge in [0.1, 0.15) is 5.82 Å². The Morgan fingerprint density at radius 1 is 1.23 bits per heavy atom. The molecule has 0 saturated heterocycles. The molecule has 0 aliphatic carbocycles. The fraction of sp³-hybridized carbons (Fsp3) is 0.176. The van der Waals surface area contributed by atoms with Gasteiger partial charge in [0, 0.05) is 11.3 Å². The SMILES string of the molecule is CC(C)S(=O)(=O)n1c(N)nc2ccc(NC(=O)c3cccc(F)c3)cc21. The van der Waals surface area contributed by atoms with E-state index in [2.05, 4.69) is 10.3 Å². The average Bonchev–Trinajstić information content (AvgIpc) is 2.90. The van der Waals surface area contributed by atoms with Gasteiger partial charge < -0.3 is 11.1 Å². The first kappa shape index (κ1) is 17.9. The highest BCUT2D eigenvalue weighted by Crippen LogP contribution is 2.25. The summed E-state index contributed by atoms with van der Waals surface area (Å²) < 4.78 is 39.3. The summed E-state index contributed by atoms with van der Waals surface area (Å²) in [6, 6.07) is 9.84. The van der Waals surface area contributed by atoms with Crippen LogP contribution in [0, 0.1) is 5.82 Å². The molecule has 1 aromatic heterocycles. The first-order valence-electron chi connectivity index (χ1n) is 7.79. The number of amides is 1. The quantitative estimate of drug-likeness (QED) is 0.728. The average molecular weight is 376 g/mol. The predicted molar refractivity (Wildman–Crippen MR) is 98.0 cm³/mol. The summed E-state index contributed by atoms with van der Waals surface area (Å²) >= 11 is 0. The van der Waals surface area contributed by atoms with Crippen molar-refractivity contribution < 1.29 is 17.6 Å². The number of nitrogens with zero attached hydrogens (tertiary/aromatic N) is 2. The van der Waals surface area contributed by atoms with E-state index in [1.165, 1.54) is 38.1 Å². The van der Waals surface area contributed by atoms with Crippen LogP contribution in [0.3, 0.4) is 0 Å². The van der Waals surface area contributed by atoms with Crippen molar-refractivity contribution in [2.75, 3.05) is 11.1 Å². The van der Waals surface area contributed by atoms with Gasteiger partial charge in [-0.15, -0.1) is 0 Å². The number of fused-ring (bicyclic) bond motifs is 1. The normalized spacial score (nSPS) is 11.8. The van der Waals surface area contributed by atoms with Gasteiger partial charge in [0.05, 0.1) is 16.3 Å². The van der Waals surface area contributed by atoms with Crippen LogP contribution in [0.2, 0.25) is 0 Å². The first-order valence-corrected chi connectivity index (χ1v) is 9.30. The van der Waals surface area contributed by atoms with Gasteiger partial charge >= 0.3 is 0 Å². The van der Waals surface area contributed by atoms with E-state index in [0.717, 1.165) is 10.0 Å². The van der Waals surface area contributed by atoms with Gasteiger partial charge in [0.2, 0.25) is 16.0 Å². The number of anilines is 2. The van der Waals surface area contributed by atoms with Gasteiger partial charge in [-0.1, -0.05) is 6.07 Å². The third-order valence-electron chi connectivity index (χ3n) is 3.83. The third-order valence-corrected chi connectivity index (χ3v) is 5.92. The Morgan fingerprint density at radius 2 is 1.96 bits per heavy atom. The molecule has 136 valence electrons. The molecule has 0 atom stereocenters. The highest BCUT2D eigenvalue weighted by molar-refractivity contribution is 7.90. The van der Waals surface area contributed by atoms with Crippen LogP contribution in [0.15, 0.2) is 42.5 Å². The standard InChI is InChI=1S/C17H17FN4O3S/c1-10(2)26(24,25)22-15-9-13(6-7-14(15)21-17(22)19)20-16(23)11-4-3-5-12(18)8-11/h3-10H,1-2H3,(H2,19,21)(H,20,23). The predicted octanol–water partition coefficient (Wildman–Crippen LogP) is 2.60. The summed E-state index contributed by atoms with van der Waals surface area (Å²) in [5.41, 5.74) is 6.91. The summed E-state index contributed by atoms with van der Waals surface area (Å²) in [6.07, 6.45) is 0. The van der Waals surface area contributed by atoms with Crippen LogP contribution in [0.25, 0.3) is 11.0 Å². The number of nitrogens with two attached hydrogens (primary N) is 1. The number of carbonyl (C=O) groups excluding carboxylic acids is 1. The lowest BCUT2D eigenvalue weighted by Gasteiger charge is -2.12. The summed E-state index contributed by atoms with van der Waals surface area (Å²) in [6.45, 7) is 3.08. The summed E-state index contributed by atoms with van der Waals surface area (Å²) in [4.78, 5) is 16.3. The molecular formula is C17H17FN4O3S. The van der Waals surface area contributed by atoms with E-state index < -0.39 is 27.0 Å². The van der Waals surface area contributed by atoms with Crippen molar-refractivity contribution in [1.29, 1.82) is 0 Å². The lowest BCUT2D eigenvalue weighted by Crippen LogP contribution is -2.23. The van der Waals surface area contributed by atoms with Crippen LogP contribution in [-0.4, -0.2) is 28.5 Å². The number of aromatic nitrogens is 2. The Labute approximate surface area is 149 Å². The Kier molecular flexibility index (Phi) is 4.41. The molecule has 3 rings (SSSR count). The topological polar surface area (TPSA) is 107 Å². The second kappa shape index (κ2) is 6.41. The van der Waals surface area contributed by atoms with E-state index >= 15 is 0 Å². The van der Waals surface area contributed by atoms with E-state index in [9.17, 15) is 17.6 Å². The number of carbonyl (C=O) groups is 1. The summed E-state index contributed by atoms with van der Waals surface area (Å²) in [7, 11) is -3.73. The molecule has 0 fully saturated rings. The molecule has 0 spiro atoms. The lowest BCUT2D eigenvalue weighted by atomic mass is 10.2. The van der Waals surface area contributed by atoms with Crippen molar-refractivity contribution >= 4 is 38.6 Å². The van der Waals surface area contributed by atoms with Crippen molar-refractivity contribution in [2.45, 2.75) is 19.1 Å². The first-order chi connectivity index (χ1) is 12.2. The molecule has 1 amide bonds. The van der Waals surface area contributed by atoms with Crippen molar-refractivity contribution in [3.8, 4) is 0 Å². The second-order valence-corrected chi connectivity index (χ2v) is 8.33. The number of rotatable bonds is 4. The highest BCUT2D eigenvalue weighted by atomic mass is 32.2. The van der Waals surface area contributed by atoms with E-state index in [-0.39, 0.29) is 17.0 Å². The zero-order valence-corrected chi connectivity index (χ0v) is 14.9. The van der Waals surface area contributed by atoms with E-state index in [1.54, 1.807) is 12.1 Å². The molecule has 0 bridgehead atoms. The number of nitrogen functional groups attached to an aromatic ring is 1. The van der Waals surface area contributed by atoms with Gasteiger partial charge in [0.25, 0.3) is 5.91 Å². The van der Waals surface area contributed by atoms with E-state index in [4.69, 9.17) is 5.73 Å². The molecule has 26 heavy (non-hydrogen) atoms. The molecule has 3 aromatic rings. The molecule has 7 nitrogen and oxygen atoms in total. The van der Waals surface area contributed by atoms with Gasteiger partial charge in [0.15, 0.2) is 0 Å². The zero-order chi connectivity index (χ0) is 19.1. The van der Waals surface area contributed by atoms with E-state index in [1.807, 2.05) is 0 Å². The third kappa shape index (κ3) is 3.13. The van der Waals surface area contributed by atoms with Crippen LogP contribution in [0.5, 0.6) is 0 Å². The zero-order valence-electron chi connectivity index (χ0n) is 14.1. The molecule has 9 heteroatoms. The molecular weight excluding hydrogens is 359 g/mol. The lowest BCUT2D eigenvalue weighted by molar-refractivity contribution is 0.102. The van der Waals surface area contributed by atoms with Crippen LogP contribution < -0.4 is 11.1 Å². The molecule has 0 unspecified atom stereocenters. The summed E-state index contributed by atoms with van der Waals surface area (Å²) in [5.74, 6) is -1.20. The van der Waals surface area contributed by atoms with Crippen molar-refractivity contribution in [1.82, 2.24) is 8.96 Å². The smallest absolute Gasteiger partial charge is 0.255 e. The molecule has 0 aliphatic heterocycles. The Balaban J connectivity index is 2.03. The van der Waals surface area contributed by atoms with Gasteiger partial charge in [-0.2, -0.15) is 0 Å².